The first-order valence-electron chi connectivity index (χ1n) is 4.35. The Balaban J connectivity index is 3.02. The number of aryl methyl sites for hydroxylation is 1. The lowest BCUT2D eigenvalue weighted by atomic mass is 9.97. The maximum Gasteiger partial charge on any atom is 0.0641 e. The van der Waals surface area contributed by atoms with E-state index in [1.54, 1.807) is 0 Å². The quantitative estimate of drug-likeness (QED) is 0.747. The smallest absolute Gasteiger partial charge is 0.0641 e. The van der Waals surface area contributed by atoms with Crippen LogP contribution in [0.15, 0.2) is 18.2 Å². The summed E-state index contributed by atoms with van der Waals surface area (Å²) in [6, 6.07) is 7.96. The zero-order valence-electron chi connectivity index (χ0n) is 8.04. The normalized spacial score (nSPS) is 12.2. The molecular formula is C11H14N2. The molecule has 1 atom stereocenters. The van der Waals surface area contributed by atoms with Crippen LogP contribution in [0.5, 0.6) is 0 Å². The van der Waals surface area contributed by atoms with Gasteiger partial charge in [-0.05, 0) is 30.5 Å². The van der Waals surface area contributed by atoms with Crippen molar-refractivity contribution in [1.29, 1.82) is 5.26 Å². The van der Waals surface area contributed by atoms with Crippen molar-refractivity contribution in [2.75, 3.05) is 0 Å². The Bertz CT molecular complexity index is 336. The van der Waals surface area contributed by atoms with Crippen LogP contribution in [0.3, 0.4) is 0 Å². The van der Waals surface area contributed by atoms with E-state index in [2.05, 4.69) is 19.1 Å². The van der Waals surface area contributed by atoms with Crippen molar-refractivity contribution in [3.8, 4) is 6.07 Å². The zero-order valence-corrected chi connectivity index (χ0v) is 8.04. The molecule has 1 aromatic carbocycles. The fourth-order valence-electron chi connectivity index (χ4n) is 1.38. The van der Waals surface area contributed by atoms with Crippen molar-refractivity contribution in [3.05, 3.63) is 34.9 Å². The van der Waals surface area contributed by atoms with Crippen LogP contribution < -0.4 is 5.73 Å². The Hall–Kier alpha value is -1.33. The molecule has 0 saturated heterocycles. The highest BCUT2D eigenvalue weighted by atomic mass is 14.6. The average Bonchev–Trinajstić information content (AvgIpc) is 2.10. The molecule has 0 bridgehead atoms. The van der Waals surface area contributed by atoms with Gasteiger partial charge in [-0.1, -0.05) is 18.2 Å². The van der Waals surface area contributed by atoms with Gasteiger partial charge in [-0.25, -0.2) is 0 Å². The largest absolute Gasteiger partial charge is 0.323 e. The third-order valence-corrected chi connectivity index (χ3v) is 2.36. The van der Waals surface area contributed by atoms with Gasteiger partial charge in [0.15, 0.2) is 0 Å². The molecule has 68 valence electrons. The van der Waals surface area contributed by atoms with Gasteiger partial charge in [0.25, 0.3) is 0 Å². The minimum Gasteiger partial charge on any atom is -0.323 e. The Morgan fingerprint density at radius 1 is 1.46 bits per heavy atom. The lowest BCUT2D eigenvalue weighted by molar-refractivity contribution is 0.741. The molecule has 0 amide bonds. The molecule has 0 fully saturated rings. The number of nitrogens with two attached hydrogens (primary N) is 1. The van der Waals surface area contributed by atoms with Gasteiger partial charge < -0.3 is 5.73 Å². The molecule has 2 heteroatoms. The summed E-state index contributed by atoms with van der Waals surface area (Å²) in [5.74, 6) is 0. The summed E-state index contributed by atoms with van der Waals surface area (Å²) < 4.78 is 0. The molecule has 2 N–H and O–H groups in total. The minimum atomic E-state index is -0.148. The summed E-state index contributed by atoms with van der Waals surface area (Å²) >= 11 is 0. The predicted molar refractivity (Wildman–Crippen MR) is 53.1 cm³/mol. The van der Waals surface area contributed by atoms with Crippen molar-refractivity contribution >= 4 is 0 Å². The van der Waals surface area contributed by atoms with E-state index in [-0.39, 0.29) is 6.04 Å². The second-order valence-corrected chi connectivity index (χ2v) is 3.26. The van der Waals surface area contributed by atoms with Crippen molar-refractivity contribution in [3.63, 3.8) is 0 Å². The summed E-state index contributed by atoms with van der Waals surface area (Å²) in [6.07, 6.45) is 0.379. The molecular weight excluding hydrogens is 160 g/mol. The second-order valence-electron chi connectivity index (χ2n) is 3.26. The van der Waals surface area contributed by atoms with Crippen LogP contribution in [-0.2, 0) is 0 Å². The topological polar surface area (TPSA) is 49.8 Å². The van der Waals surface area contributed by atoms with Gasteiger partial charge in [-0.2, -0.15) is 5.26 Å². The molecule has 13 heavy (non-hydrogen) atoms. The fraction of sp³-hybridized carbons (Fsp3) is 0.364. The summed E-state index contributed by atoms with van der Waals surface area (Å²) in [4.78, 5) is 0. The Labute approximate surface area is 79.0 Å². The van der Waals surface area contributed by atoms with Crippen molar-refractivity contribution in [2.24, 2.45) is 5.73 Å². The third kappa shape index (κ3) is 2.07. The van der Waals surface area contributed by atoms with Gasteiger partial charge in [0.05, 0.1) is 12.5 Å². The van der Waals surface area contributed by atoms with Crippen LogP contribution in [0.4, 0.5) is 0 Å². The van der Waals surface area contributed by atoms with Gasteiger partial charge in [-0.15, -0.1) is 0 Å². The number of hydrogen-bond acceptors (Lipinski definition) is 2. The van der Waals surface area contributed by atoms with Crippen LogP contribution in [0.25, 0.3) is 0 Å². The van der Waals surface area contributed by atoms with Crippen molar-refractivity contribution in [1.82, 2.24) is 0 Å². The molecule has 1 rings (SSSR count). The van der Waals surface area contributed by atoms with Gasteiger partial charge in [0.2, 0.25) is 0 Å². The van der Waals surface area contributed by atoms with E-state index in [9.17, 15) is 0 Å². The first-order chi connectivity index (χ1) is 6.16. The van der Waals surface area contributed by atoms with E-state index >= 15 is 0 Å². The highest BCUT2D eigenvalue weighted by Crippen LogP contribution is 2.20. The molecule has 2 nitrogen and oxygen atoms in total. The van der Waals surface area contributed by atoms with Gasteiger partial charge in [0, 0.05) is 6.04 Å². The van der Waals surface area contributed by atoms with Crippen molar-refractivity contribution < 1.29 is 0 Å². The molecule has 0 spiro atoms. The lowest BCUT2D eigenvalue weighted by Gasteiger charge is -2.12. The van der Waals surface area contributed by atoms with Crippen LogP contribution in [0.1, 0.15) is 29.2 Å². The van der Waals surface area contributed by atoms with E-state index in [1.165, 1.54) is 11.1 Å². The first-order valence-corrected chi connectivity index (χ1v) is 4.35. The maximum atomic E-state index is 8.53. The van der Waals surface area contributed by atoms with Crippen molar-refractivity contribution in [2.45, 2.75) is 26.3 Å². The predicted octanol–water partition coefficient (Wildman–Crippen LogP) is 2.22. The van der Waals surface area contributed by atoms with E-state index in [4.69, 9.17) is 11.0 Å². The summed E-state index contributed by atoms with van der Waals surface area (Å²) in [5.41, 5.74) is 9.36. The Morgan fingerprint density at radius 3 is 2.77 bits per heavy atom. The molecule has 1 aromatic rings. The van der Waals surface area contributed by atoms with Gasteiger partial charge in [-0.3, -0.25) is 0 Å². The monoisotopic (exact) mass is 174 g/mol. The van der Waals surface area contributed by atoms with E-state index < -0.39 is 0 Å². The van der Waals surface area contributed by atoms with Crippen LogP contribution in [0, 0.1) is 25.2 Å². The maximum absolute atomic E-state index is 8.53. The minimum absolute atomic E-state index is 0.148. The van der Waals surface area contributed by atoms with E-state index in [0.29, 0.717) is 6.42 Å². The van der Waals surface area contributed by atoms with Gasteiger partial charge in [0.1, 0.15) is 0 Å². The molecule has 0 saturated carbocycles. The zero-order chi connectivity index (χ0) is 9.84. The fourth-order valence-corrected chi connectivity index (χ4v) is 1.38. The van der Waals surface area contributed by atoms with E-state index in [1.807, 2.05) is 19.1 Å². The van der Waals surface area contributed by atoms with Crippen LogP contribution >= 0.6 is 0 Å². The van der Waals surface area contributed by atoms with E-state index in [0.717, 1.165) is 5.56 Å². The average molecular weight is 174 g/mol. The lowest BCUT2D eigenvalue weighted by Crippen LogP contribution is -2.11. The highest BCUT2D eigenvalue weighted by Gasteiger charge is 2.08. The standard InChI is InChI=1S/C11H14N2/c1-8-4-3-5-10(9(8)2)11(13)6-7-12/h3-5,11H,6,13H2,1-2H3/t11-/m0/s1. The molecule has 0 aliphatic heterocycles. The number of nitriles is 1. The Kier molecular flexibility index (Phi) is 3.05. The summed E-state index contributed by atoms with van der Waals surface area (Å²) in [7, 11) is 0. The molecule has 0 aromatic heterocycles. The second kappa shape index (κ2) is 4.06. The molecule has 0 unspecified atom stereocenters. The third-order valence-electron chi connectivity index (χ3n) is 2.36. The van der Waals surface area contributed by atoms with Gasteiger partial charge >= 0.3 is 0 Å². The molecule has 0 aliphatic carbocycles. The summed E-state index contributed by atoms with van der Waals surface area (Å²) in [5, 5.41) is 8.53. The number of hydrogen-bond donors (Lipinski definition) is 1. The molecule has 0 aliphatic rings. The van der Waals surface area contributed by atoms with Crippen LogP contribution in [0.2, 0.25) is 0 Å². The summed E-state index contributed by atoms with van der Waals surface area (Å²) in [6.45, 7) is 4.10. The number of nitrogens with zero attached hydrogens (tertiary/aromatic N) is 1. The van der Waals surface area contributed by atoms with Crippen LogP contribution in [-0.4, -0.2) is 0 Å². The number of benzene rings is 1. The Morgan fingerprint density at radius 2 is 2.15 bits per heavy atom. The highest BCUT2D eigenvalue weighted by molar-refractivity contribution is 5.35. The SMILES string of the molecule is Cc1cccc([C@@H](N)CC#N)c1C. The number of rotatable bonds is 2. The molecule has 0 heterocycles. The first kappa shape index (κ1) is 9.76. The molecule has 0 radical (unpaired) electrons.